The van der Waals surface area contributed by atoms with E-state index in [1.54, 1.807) is 6.26 Å². The van der Waals surface area contributed by atoms with Crippen LogP contribution in [0, 0.1) is 11.8 Å². The Hall–Kier alpha value is -1.76. The van der Waals surface area contributed by atoms with Gasteiger partial charge in [-0.1, -0.05) is 45.4 Å². The molecule has 1 N–H and O–H groups in total. The summed E-state index contributed by atoms with van der Waals surface area (Å²) in [5.74, 6) is 2.85. The number of aromatic nitrogens is 3. The summed E-state index contributed by atoms with van der Waals surface area (Å²) in [7, 11) is 0. The number of furan rings is 1. The molecule has 0 bridgehead atoms. The molecule has 0 saturated heterocycles. The van der Waals surface area contributed by atoms with Gasteiger partial charge < -0.3 is 9.73 Å². The number of carbonyl (C=O) groups is 1. The molecule has 2 atom stereocenters. The fourth-order valence-corrected chi connectivity index (χ4v) is 4.18. The Bertz CT molecular complexity index is 711. The first-order valence-electron chi connectivity index (χ1n) is 9.44. The topological polar surface area (TPSA) is 73.0 Å². The first kappa shape index (κ1) is 19.0. The molecule has 2 heterocycles. The van der Waals surface area contributed by atoms with Crippen LogP contribution >= 0.6 is 11.8 Å². The number of nitrogens with zero attached hydrogens (tertiary/aromatic N) is 3. The van der Waals surface area contributed by atoms with E-state index < -0.39 is 0 Å². The maximum absolute atomic E-state index is 12.4. The fraction of sp³-hybridized carbons (Fsp3) is 0.632. The number of amides is 1. The van der Waals surface area contributed by atoms with E-state index in [1.165, 1.54) is 31.0 Å². The average molecular weight is 377 g/mol. The maximum Gasteiger partial charge on any atom is 0.230 e. The minimum atomic E-state index is 0.0763. The van der Waals surface area contributed by atoms with Crippen molar-refractivity contribution < 1.29 is 9.21 Å². The summed E-state index contributed by atoms with van der Waals surface area (Å²) < 4.78 is 7.53. The van der Waals surface area contributed by atoms with Gasteiger partial charge in [0.25, 0.3) is 0 Å². The molecule has 0 spiro atoms. The van der Waals surface area contributed by atoms with Crippen molar-refractivity contribution in [1.82, 2.24) is 20.1 Å². The third-order valence-corrected chi connectivity index (χ3v) is 5.76. The van der Waals surface area contributed by atoms with Crippen molar-refractivity contribution in [2.75, 3.05) is 5.75 Å². The molecule has 1 amide bonds. The summed E-state index contributed by atoms with van der Waals surface area (Å²) in [4.78, 5) is 12.4. The van der Waals surface area contributed by atoms with Gasteiger partial charge in [0, 0.05) is 12.6 Å². The zero-order valence-corrected chi connectivity index (χ0v) is 16.6. The second kappa shape index (κ2) is 8.75. The van der Waals surface area contributed by atoms with Crippen LogP contribution in [0.5, 0.6) is 0 Å². The van der Waals surface area contributed by atoms with Crippen molar-refractivity contribution in [1.29, 1.82) is 0 Å². The van der Waals surface area contributed by atoms with Crippen molar-refractivity contribution in [2.24, 2.45) is 11.8 Å². The van der Waals surface area contributed by atoms with Gasteiger partial charge in [-0.3, -0.25) is 9.36 Å². The Kier molecular flexibility index (Phi) is 6.40. The van der Waals surface area contributed by atoms with E-state index in [4.69, 9.17) is 4.42 Å². The third kappa shape index (κ3) is 4.69. The lowest BCUT2D eigenvalue weighted by atomic mass is 9.86. The minimum Gasteiger partial charge on any atom is -0.461 e. The highest BCUT2D eigenvalue weighted by Gasteiger charge is 2.23. The highest BCUT2D eigenvalue weighted by atomic mass is 32.2. The molecule has 2 aromatic heterocycles. The number of rotatable bonds is 7. The molecule has 7 heteroatoms. The molecule has 0 aromatic carbocycles. The molecule has 2 aromatic rings. The second-order valence-corrected chi connectivity index (χ2v) is 8.45. The predicted octanol–water partition coefficient (Wildman–Crippen LogP) is 3.98. The van der Waals surface area contributed by atoms with Crippen LogP contribution in [-0.2, 0) is 11.3 Å². The molecule has 26 heavy (non-hydrogen) atoms. The van der Waals surface area contributed by atoms with Gasteiger partial charge in [0.15, 0.2) is 16.7 Å². The van der Waals surface area contributed by atoms with E-state index in [0.29, 0.717) is 35.2 Å². The number of hydrogen-bond donors (Lipinski definition) is 1. The Labute approximate surface area is 159 Å². The van der Waals surface area contributed by atoms with Gasteiger partial charge in [-0.15, -0.1) is 10.2 Å². The summed E-state index contributed by atoms with van der Waals surface area (Å²) in [6.07, 6.45) is 6.40. The normalized spacial score (nSPS) is 20.5. The fourth-order valence-electron chi connectivity index (χ4n) is 3.42. The molecule has 3 rings (SSSR count). The van der Waals surface area contributed by atoms with E-state index in [2.05, 4.69) is 36.3 Å². The zero-order chi connectivity index (χ0) is 18.5. The molecule has 0 unspecified atom stereocenters. The van der Waals surface area contributed by atoms with E-state index in [-0.39, 0.29) is 5.91 Å². The van der Waals surface area contributed by atoms with Crippen LogP contribution in [0.4, 0.5) is 0 Å². The van der Waals surface area contributed by atoms with Crippen LogP contribution in [0.25, 0.3) is 11.6 Å². The molecule has 142 valence electrons. The Morgan fingerprint density at radius 2 is 2.19 bits per heavy atom. The standard InChI is InChI=1S/C19H28N4O2S/c1-13(2)11-23-18(16-9-6-10-25-16)21-22-19(23)26-12-17(24)20-15-8-5-4-7-14(15)3/h6,9-10,13-15H,4-5,7-8,11-12H2,1-3H3,(H,20,24)/t14-,15+/m0/s1. The highest BCUT2D eigenvalue weighted by Crippen LogP contribution is 2.26. The van der Waals surface area contributed by atoms with Crippen LogP contribution < -0.4 is 5.32 Å². The number of nitrogens with one attached hydrogen (secondary N) is 1. The Balaban J connectivity index is 1.64. The van der Waals surface area contributed by atoms with Crippen LogP contribution in [0.1, 0.15) is 46.5 Å². The molecule has 0 aliphatic heterocycles. The van der Waals surface area contributed by atoms with E-state index >= 15 is 0 Å². The monoisotopic (exact) mass is 376 g/mol. The molecule has 1 saturated carbocycles. The molecular formula is C19H28N4O2S. The van der Waals surface area contributed by atoms with Crippen LogP contribution in [0.2, 0.25) is 0 Å². The lowest BCUT2D eigenvalue weighted by molar-refractivity contribution is -0.119. The second-order valence-electron chi connectivity index (χ2n) is 7.51. The molecule has 6 nitrogen and oxygen atoms in total. The van der Waals surface area contributed by atoms with Gasteiger partial charge in [-0.25, -0.2) is 0 Å². The summed E-state index contributed by atoms with van der Waals surface area (Å²) in [5, 5.41) is 12.5. The number of hydrogen-bond acceptors (Lipinski definition) is 5. The lowest BCUT2D eigenvalue weighted by Gasteiger charge is -2.29. The van der Waals surface area contributed by atoms with E-state index in [0.717, 1.165) is 18.1 Å². The molecule has 1 aliphatic carbocycles. The van der Waals surface area contributed by atoms with Crippen molar-refractivity contribution in [3.05, 3.63) is 18.4 Å². The van der Waals surface area contributed by atoms with E-state index in [9.17, 15) is 4.79 Å². The van der Waals surface area contributed by atoms with Gasteiger partial charge in [-0.2, -0.15) is 0 Å². The summed E-state index contributed by atoms with van der Waals surface area (Å²) >= 11 is 1.44. The van der Waals surface area contributed by atoms with Crippen molar-refractivity contribution in [2.45, 2.75) is 64.2 Å². The smallest absolute Gasteiger partial charge is 0.230 e. The first-order valence-corrected chi connectivity index (χ1v) is 10.4. The van der Waals surface area contributed by atoms with Crippen molar-refractivity contribution >= 4 is 17.7 Å². The van der Waals surface area contributed by atoms with Gasteiger partial charge in [0.2, 0.25) is 5.91 Å². The molecule has 1 fully saturated rings. The molecule has 0 radical (unpaired) electrons. The predicted molar refractivity (Wildman–Crippen MR) is 103 cm³/mol. The number of carbonyl (C=O) groups excluding carboxylic acids is 1. The van der Waals surface area contributed by atoms with Gasteiger partial charge in [0.1, 0.15) is 0 Å². The lowest BCUT2D eigenvalue weighted by Crippen LogP contribution is -2.41. The average Bonchev–Trinajstić information content (AvgIpc) is 3.24. The number of thioether (sulfide) groups is 1. The van der Waals surface area contributed by atoms with Crippen LogP contribution in [0.3, 0.4) is 0 Å². The third-order valence-electron chi connectivity index (χ3n) is 4.80. The molecular weight excluding hydrogens is 348 g/mol. The zero-order valence-electron chi connectivity index (χ0n) is 15.8. The minimum absolute atomic E-state index is 0.0763. The van der Waals surface area contributed by atoms with Gasteiger partial charge in [0.05, 0.1) is 12.0 Å². The summed E-state index contributed by atoms with van der Waals surface area (Å²) in [5.41, 5.74) is 0. The van der Waals surface area contributed by atoms with Crippen molar-refractivity contribution in [3.63, 3.8) is 0 Å². The SMILES string of the molecule is CC(C)Cn1c(SCC(=O)N[C@@H]2CCCC[C@@H]2C)nnc1-c1ccco1. The van der Waals surface area contributed by atoms with Crippen LogP contribution in [0.15, 0.2) is 28.0 Å². The Morgan fingerprint density at radius 3 is 2.88 bits per heavy atom. The summed E-state index contributed by atoms with van der Waals surface area (Å²) in [6, 6.07) is 4.03. The highest BCUT2D eigenvalue weighted by molar-refractivity contribution is 7.99. The molecule has 1 aliphatic rings. The van der Waals surface area contributed by atoms with Crippen LogP contribution in [-0.4, -0.2) is 32.5 Å². The van der Waals surface area contributed by atoms with E-state index in [1.807, 2.05) is 16.7 Å². The largest absolute Gasteiger partial charge is 0.461 e. The van der Waals surface area contributed by atoms with Gasteiger partial charge >= 0.3 is 0 Å². The summed E-state index contributed by atoms with van der Waals surface area (Å²) in [6.45, 7) is 7.31. The maximum atomic E-state index is 12.4. The Morgan fingerprint density at radius 1 is 1.38 bits per heavy atom. The quantitative estimate of drug-likeness (QED) is 0.740. The first-order chi connectivity index (χ1) is 12.5. The van der Waals surface area contributed by atoms with Gasteiger partial charge in [-0.05, 0) is 36.8 Å². The van der Waals surface area contributed by atoms with Crippen molar-refractivity contribution in [3.8, 4) is 11.6 Å².